The second kappa shape index (κ2) is 63.8. The number of allylic oxidation sites excluding steroid dienone is 24. The van der Waals surface area contributed by atoms with Crippen LogP contribution in [0.1, 0.15) is 265 Å². The Morgan fingerprint density at radius 1 is 0.273 bits per heavy atom. The molecule has 0 bridgehead atoms. The summed E-state index contributed by atoms with van der Waals surface area (Å²) in [7, 11) is 0. The van der Waals surface area contributed by atoms with E-state index in [-0.39, 0.29) is 31.1 Å². The fourth-order valence-electron chi connectivity index (χ4n) is 8.17. The Labute approximate surface area is 474 Å². The predicted molar refractivity (Wildman–Crippen MR) is 334 cm³/mol. The molecule has 0 aromatic carbocycles. The van der Waals surface area contributed by atoms with Crippen molar-refractivity contribution in [3.63, 3.8) is 0 Å². The van der Waals surface area contributed by atoms with Crippen LogP contribution in [0.15, 0.2) is 146 Å². The molecule has 434 valence electrons. The van der Waals surface area contributed by atoms with Crippen molar-refractivity contribution in [2.45, 2.75) is 271 Å². The summed E-state index contributed by atoms with van der Waals surface area (Å²) in [4.78, 5) is 38.3. The highest BCUT2D eigenvalue weighted by molar-refractivity contribution is 5.71. The van der Waals surface area contributed by atoms with E-state index in [1.807, 2.05) is 0 Å². The smallest absolute Gasteiger partial charge is 0.306 e. The lowest BCUT2D eigenvalue weighted by molar-refractivity contribution is -0.167. The van der Waals surface area contributed by atoms with Crippen molar-refractivity contribution in [3.05, 3.63) is 146 Å². The molecule has 0 spiro atoms. The maximum absolute atomic E-state index is 12.9. The average molecular weight is 1060 g/mol. The highest BCUT2D eigenvalue weighted by Gasteiger charge is 2.19. The molecule has 0 radical (unpaired) electrons. The highest BCUT2D eigenvalue weighted by atomic mass is 16.6. The Hall–Kier alpha value is -4.71. The molecule has 0 N–H and O–H groups in total. The van der Waals surface area contributed by atoms with Crippen molar-refractivity contribution in [2.75, 3.05) is 13.2 Å². The maximum atomic E-state index is 12.9. The van der Waals surface area contributed by atoms with Gasteiger partial charge in [-0.25, -0.2) is 0 Å². The summed E-state index contributed by atoms with van der Waals surface area (Å²) in [5.41, 5.74) is 0. The SMILES string of the molecule is CC/C=C\C/C=C\C/C=C\C/C=C\C/C=C\C/C=C\CCCCCCCCCCC(=O)OCC(COC(=O)CCCC/C=C\C/C=C\C/C=C\C/C=C\CC)OC(=O)CCCCCCCCC/C=C\C/C=C\CCCCC. The zero-order valence-corrected chi connectivity index (χ0v) is 49.7. The van der Waals surface area contributed by atoms with E-state index in [4.69, 9.17) is 14.2 Å². The summed E-state index contributed by atoms with van der Waals surface area (Å²) in [5.74, 6) is -0.964. The molecule has 0 aromatic rings. The minimum absolute atomic E-state index is 0.104. The van der Waals surface area contributed by atoms with Crippen LogP contribution in [0.2, 0.25) is 0 Å². The standard InChI is InChI=1S/C71H114O6/c1-4-7-10-13-16-19-22-25-28-30-31-32-33-34-35-36-37-38-39-41-43-46-49-52-55-58-61-64-70(73)76-67-68(66-75-69(72)63-60-57-54-51-48-45-42-27-24-21-18-15-12-9-6-3)77-71(74)65-62-59-56-53-50-47-44-40-29-26-23-20-17-14-11-8-5-2/h7,9-10,12,16-21,25-29,31-32,34-35,37-38,42,48,51,68H,4-6,8,11,13-15,22-24,30,33,36,39-41,43-47,49-50,52-67H2,1-3H3/b10-7-,12-9-,19-16-,20-17-,21-18-,28-25-,29-26-,32-31-,35-34-,38-37-,42-27-,51-48-. The lowest BCUT2D eigenvalue weighted by Gasteiger charge is -2.18. The maximum Gasteiger partial charge on any atom is 0.306 e. The molecular formula is C71H114O6. The van der Waals surface area contributed by atoms with Crippen molar-refractivity contribution in [1.29, 1.82) is 0 Å². The third kappa shape index (κ3) is 62.0. The first-order valence-electron chi connectivity index (χ1n) is 31.3. The van der Waals surface area contributed by atoms with Gasteiger partial charge in [-0.05, 0) is 141 Å². The van der Waals surface area contributed by atoms with Gasteiger partial charge in [-0.2, -0.15) is 0 Å². The van der Waals surface area contributed by atoms with E-state index in [0.29, 0.717) is 19.3 Å². The van der Waals surface area contributed by atoms with Crippen molar-refractivity contribution >= 4 is 17.9 Å². The number of hydrogen-bond donors (Lipinski definition) is 0. The van der Waals surface area contributed by atoms with Crippen LogP contribution >= 0.6 is 0 Å². The third-order valence-corrected chi connectivity index (χ3v) is 12.8. The number of esters is 3. The molecule has 0 saturated heterocycles. The number of rotatable bonds is 55. The van der Waals surface area contributed by atoms with Gasteiger partial charge in [0.2, 0.25) is 0 Å². The van der Waals surface area contributed by atoms with Crippen molar-refractivity contribution in [3.8, 4) is 0 Å². The molecular weight excluding hydrogens is 949 g/mol. The molecule has 0 amide bonds. The molecule has 1 unspecified atom stereocenters. The van der Waals surface area contributed by atoms with Gasteiger partial charge in [-0.1, -0.05) is 250 Å². The topological polar surface area (TPSA) is 78.9 Å². The van der Waals surface area contributed by atoms with Gasteiger partial charge in [0.1, 0.15) is 13.2 Å². The van der Waals surface area contributed by atoms with Crippen LogP contribution in [0, 0.1) is 0 Å². The van der Waals surface area contributed by atoms with Crippen molar-refractivity contribution in [1.82, 2.24) is 0 Å². The first kappa shape index (κ1) is 72.3. The molecule has 0 rings (SSSR count). The van der Waals surface area contributed by atoms with Gasteiger partial charge in [0.25, 0.3) is 0 Å². The predicted octanol–water partition coefficient (Wildman–Crippen LogP) is 21.5. The Kier molecular flexibility index (Phi) is 59.9. The van der Waals surface area contributed by atoms with E-state index in [0.717, 1.165) is 141 Å². The van der Waals surface area contributed by atoms with Crippen LogP contribution in [0.4, 0.5) is 0 Å². The van der Waals surface area contributed by atoms with Crippen molar-refractivity contribution < 1.29 is 28.6 Å². The number of hydrogen-bond acceptors (Lipinski definition) is 6. The summed E-state index contributed by atoms with van der Waals surface area (Å²) in [5, 5.41) is 0. The molecule has 0 aliphatic carbocycles. The Balaban J connectivity index is 4.42. The number of ether oxygens (including phenoxy) is 3. The number of unbranched alkanes of at least 4 members (excludes halogenated alkanes) is 20. The Morgan fingerprint density at radius 2 is 0.506 bits per heavy atom. The minimum atomic E-state index is -0.810. The van der Waals surface area contributed by atoms with Gasteiger partial charge in [-0.3, -0.25) is 14.4 Å². The van der Waals surface area contributed by atoms with E-state index in [1.165, 1.54) is 83.5 Å². The normalized spacial score (nSPS) is 13.1. The molecule has 0 saturated carbocycles. The largest absolute Gasteiger partial charge is 0.462 e. The fourth-order valence-corrected chi connectivity index (χ4v) is 8.17. The van der Waals surface area contributed by atoms with E-state index in [2.05, 4.69) is 167 Å². The molecule has 0 aliphatic heterocycles. The zero-order valence-electron chi connectivity index (χ0n) is 49.7. The first-order chi connectivity index (χ1) is 38.0. The van der Waals surface area contributed by atoms with Gasteiger partial charge in [0.05, 0.1) is 0 Å². The average Bonchev–Trinajstić information content (AvgIpc) is 3.43. The summed E-state index contributed by atoms with van der Waals surface area (Å²) >= 11 is 0. The molecule has 77 heavy (non-hydrogen) atoms. The Bertz CT molecular complexity index is 1700. The first-order valence-corrected chi connectivity index (χ1v) is 31.3. The molecule has 6 heteroatoms. The van der Waals surface area contributed by atoms with Gasteiger partial charge < -0.3 is 14.2 Å². The summed E-state index contributed by atoms with van der Waals surface area (Å²) in [6.45, 7) is 6.34. The molecule has 6 nitrogen and oxygen atoms in total. The zero-order chi connectivity index (χ0) is 55.7. The quantitative estimate of drug-likeness (QED) is 0.0261. The van der Waals surface area contributed by atoms with Gasteiger partial charge in [0.15, 0.2) is 6.10 Å². The van der Waals surface area contributed by atoms with Crippen LogP contribution in [-0.4, -0.2) is 37.2 Å². The molecule has 0 aromatic heterocycles. The van der Waals surface area contributed by atoms with E-state index in [1.54, 1.807) is 0 Å². The molecule has 0 fully saturated rings. The second-order valence-electron chi connectivity index (χ2n) is 20.2. The lowest BCUT2D eigenvalue weighted by Crippen LogP contribution is -2.30. The second-order valence-corrected chi connectivity index (χ2v) is 20.2. The van der Waals surface area contributed by atoms with Gasteiger partial charge >= 0.3 is 17.9 Å². The number of carbonyl (C=O) groups is 3. The van der Waals surface area contributed by atoms with Crippen LogP contribution in [0.3, 0.4) is 0 Å². The van der Waals surface area contributed by atoms with Crippen LogP contribution in [0.25, 0.3) is 0 Å². The third-order valence-electron chi connectivity index (χ3n) is 12.8. The summed E-state index contributed by atoms with van der Waals surface area (Å²) in [6.07, 6.45) is 91.3. The highest BCUT2D eigenvalue weighted by Crippen LogP contribution is 2.14. The van der Waals surface area contributed by atoms with E-state index >= 15 is 0 Å². The summed E-state index contributed by atoms with van der Waals surface area (Å²) < 4.78 is 16.9. The minimum Gasteiger partial charge on any atom is -0.462 e. The van der Waals surface area contributed by atoms with Crippen LogP contribution in [0.5, 0.6) is 0 Å². The van der Waals surface area contributed by atoms with Crippen molar-refractivity contribution in [2.24, 2.45) is 0 Å². The van der Waals surface area contributed by atoms with Crippen LogP contribution < -0.4 is 0 Å². The van der Waals surface area contributed by atoms with Crippen LogP contribution in [-0.2, 0) is 28.6 Å². The molecule has 0 aliphatic rings. The number of carbonyl (C=O) groups excluding carboxylic acids is 3. The van der Waals surface area contributed by atoms with E-state index < -0.39 is 6.10 Å². The fraction of sp³-hybridized carbons (Fsp3) is 0.620. The Morgan fingerprint density at radius 3 is 0.818 bits per heavy atom. The molecule has 1 atom stereocenters. The lowest BCUT2D eigenvalue weighted by atomic mass is 10.1. The summed E-state index contributed by atoms with van der Waals surface area (Å²) in [6, 6.07) is 0. The monoisotopic (exact) mass is 1060 g/mol. The van der Waals surface area contributed by atoms with E-state index in [9.17, 15) is 14.4 Å². The van der Waals surface area contributed by atoms with Gasteiger partial charge in [-0.15, -0.1) is 0 Å². The van der Waals surface area contributed by atoms with Gasteiger partial charge in [0, 0.05) is 19.3 Å². The molecule has 0 heterocycles.